The van der Waals surface area contributed by atoms with E-state index in [-0.39, 0.29) is 11.8 Å². The van der Waals surface area contributed by atoms with E-state index in [2.05, 4.69) is 50.0 Å². The van der Waals surface area contributed by atoms with Gasteiger partial charge < -0.3 is 15.2 Å². The SMILES string of the molecule is O=C(Nc1cc(-c2c[nH]c3c(N4C=CSC4)cccc23)ccn1)C1CC1. The van der Waals surface area contributed by atoms with Crippen molar-refractivity contribution in [1.82, 2.24) is 9.97 Å². The number of hydrogen-bond acceptors (Lipinski definition) is 4. The van der Waals surface area contributed by atoms with Crippen molar-refractivity contribution in [2.24, 2.45) is 5.92 Å². The third-order valence-electron chi connectivity index (χ3n) is 4.82. The largest absolute Gasteiger partial charge is 0.359 e. The van der Waals surface area contributed by atoms with Gasteiger partial charge in [0.25, 0.3) is 0 Å². The molecular formula is C20H18N4OS. The molecule has 2 aromatic heterocycles. The van der Waals surface area contributed by atoms with Crippen LogP contribution >= 0.6 is 11.8 Å². The highest BCUT2D eigenvalue weighted by atomic mass is 32.2. The quantitative estimate of drug-likeness (QED) is 0.714. The minimum Gasteiger partial charge on any atom is -0.359 e. The number of hydrogen-bond donors (Lipinski definition) is 2. The number of aromatic amines is 1. The van der Waals surface area contributed by atoms with E-state index in [1.54, 1.807) is 18.0 Å². The predicted octanol–water partition coefficient (Wildman–Crippen LogP) is 4.56. The molecule has 3 heterocycles. The van der Waals surface area contributed by atoms with Gasteiger partial charge >= 0.3 is 0 Å². The summed E-state index contributed by atoms with van der Waals surface area (Å²) in [6, 6.07) is 10.3. The second-order valence-corrected chi connectivity index (χ2v) is 7.51. The van der Waals surface area contributed by atoms with Crippen LogP contribution in [-0.4, -0.2) is 21.8 Å². The molecule has 1 amide bonds. The molecule has 1 fully saturated rings. The number of pyridine rings is 1. The number of rotatable bonds is 4. The van der Waals surface area contributed by atoms with Crippen LogP contribution in [0.15, 0.2) is 54.3 Å². The van der Waals surface area contributed by atoms with Gasteiger partial charge in [-0.05, 0) is 42.0 Å². The van der Waals surface area contributed by atoms with E-state index in [0.29, 0.717) is 5.82 Å². The average Bonchev–Trinajstić information content (AvgIpc) is 3.20. The van der Waals surface area contributed by atoms with Crippen molar-refractivity contribution in [3.05, 3.63) is 54.3 Å². The summed E-state index contributed by atoms with van der Waals surface area (Å²) in [5, 5.41) is 6.21. The molecule has 26 heavy (non-hydrogen) atoms. The van der Waals surface area contributed by atoms with Gasteiger partial charge in [0, 0.05) is 35.5 Å². The highest BCUT2D eigenvalue weighted by Crippen LogP contribution is 2.36. The lowest BCUT2D eigenvalue weighted by molar-refractivity contribution is -0.117. The Bertz CT molecular complexity index is 1020. The molecule has 1 aromatic carbocycles. The van der Waals surface area contributed by atoms with Crippen LogP contribution < -0.4 is 10.2 Å². The summed E-state index contributed by atoms with van der Waals surface area (Å²) >= 11 is 1.79. The molecule has 0 bridgehead atoms. The fraction of sp³-hybridized carbons (Fsp3) is 0.200. The Morgan fingerprint density at radius 1 is 1.31 bits per heavy atom. The number of aromatic nitrogens is 2. The molecule has 0 atom stereocenters. The third kappa shape index (κ3) is 2.76. The van der Waals surface area contributed by atoms with Crippen LogP contribution in [0.2, 0.25) is 0 Å². The number of carbonyl (C=O) groups is 1. The van der Waals surface area contributed by atoms with E-state index in [1.165, 1.54) is 11.1 Å². The molecule has 1 aliphatic carbocycles. The van der Waals surface area contributed by atoms with E-state index in [1.807, 2.05) is 18.3 Å². The van der Waals surface area contributed by atoms with Crippen LogP contribution in [0.1, 0.15) is 12.8 Å². The van der Waals surface area contributed by atoms with E-state index in [0.717, 1.165) is 35.4 Å². The summed E-state index contributed by atoms with van der Waals surface area (Å²) in [6.07, 6.45) is 7.86. The first-order valence-electron chi connectivity index (χ1n) is 8.72. The standard InChI is InChI=1S/C20H18N4OS/c25-20(13-4-5-13)23-18-10-14(6-7-21-18)16-11-22-19-15(16)2-1-3-17(19)24-8-9-26-12-24/h1-3,6-11,13,22H,4-5,12H2,(H,21,23,25). The van der Waals surface area contributed by atoms with Gasteiger partial charge in [-0.15, -0.1) is 11.8 Å². The average molecular weight is 362 g/mol. The Morgan fingerprint density at radius 2 is 2.23 bits per heavy atom. The van der Waals surface area contributed by atoms with Crippen molar-refractivity contribution in [1.29, 1.82) is 0 Å². The van der Waals surface area contributed by atoms with Crippen molar-refractivity contribution in [3.8, 4) is 11.1 Å². The molecule has 2 aliphatic rings. The maximum atomic E-state index is 12.0. The minimum absolute atomic E-state index is 0.0779. The summed E-state index contributed by atoms with van der Waals surface area (Å²) < 4.78 is 0. The summed E-state index contributed by atoms with van der Waals surface area (Å²) in [5.74, 6) is 1.79. The Hall–Kier alpha value is -2.73. The van der Waals surface area contributed by atoms with E-state index >= 15 is 0 Å². The summed E-state index contributed by atoms with van der Waals surface area (Å²) in [4.78, 5) is 22.0. The summed E-state index contributed by atoms with van der Waals surface area (Å²) in [5.41, 5.74) is 4.45. The first-order valence-corrected chi connectivity index (χ1v) is 9.77. The Kier molecular flexibility index (Phi) is 3.71. The van der Waals surface area contributed by atoms with Gasteiger partial charge in [-0.1, -0.05) is 12.1 Å². The van der Waals surface area contributed by atoms with Crippen molar-refractivity contribution in [3.63, 3.8) is 0 Å². The molecule has 0 spiro atoms. The van der Waals surface area contributed by atoms with Gasteiger partial charge in [0.05, 0.1) is 17.1 Å². The topological polar surface area (TPSA) is 61.0 Å². The Balaban J connectivity index is 1.52. The smallest absolute Gasteiger partial charge is 0.228 e. The first kappa shape index (κ1) is 15.5. The summed E-state index contributed by atoms with van der Waals surface area (Å²) in [6.45, 7) is 0. The zero-order valence-electron chi connectivity index (χ0n) is 14.1. The second-order valence-electron chi connectivity index (χ2n) is 6.65. The van der Waals surface area contributed by atoms with Crippen LogP contribution in [0.4, 0.5) is 11.5 Å². The fourth-order valence-corrected chi connectivity index (χ4v) is 3.99. The van der Waals surface area contributed by atoms with Gasteiger partial charge in [0.2, 0.25) is 5.91 Å². The van der Waals surface area contributed by atoms with Crippen molar-refractivity contribution < 1.29 is 4.79 Å². The monoisotopic (exact) mass is 362 g/mol. The molecule has 1 saturated carbocycles. The van der Waals surface area contributed by atoms with Crippen LogP contribution in [-0.2, 0) is 4.79 Å². The molecule has 5 rings (SSSR count). The number of carbonyl (C=O) groups excluding carboxylic acids is 1. The van der Waals surface area contributed by atoms with Gasteiger partial charge in [-0.3, -0.25) is 4.79 Å². The molecule has 2 N–H and O–H groups in total. The molecule has 5 nitrogen and oxygen atoms in total. The van der Waals surface area contributed by atoms with Crippen molar-refractivity contribution in [2.45, 2.75) is 12.8 Å². The van der Waals surface area contributed by atoms with Crippen molar-refractivity contribution >= 4 is 40.1 Å². The van der Waals surface area contributed by atoms with Gasteiger partial charge in [0.15, 0.2) is 0 Å². The molecule has 0 radical (unpaired) electrons. The second kappa shape index (κ2) is 6.21. The van der Waals surface area contributed by atoms with E-state index < -0.39 is 0 Å². The third-order valence-corrected chi connectivity index (χ3v) is 5.57. The lowest BCUT2D eigenvalue weighted by Gasteiger charge is -2.15. The van der Waals surface area contributed by atoms with Crippen LogP contribution in [0.3, 0.4) is 0 Å². The maximum Gasteiger partial charge on any atom is 0.228 e. The number of thioether (sulfide) groups is 1. The predicted molar refractivity (Wildman–Crippen MR) is 107 cm³/mol. The molecule has 0 saturated heterocycles. The van der Waals surface area contributed by atoms with Crippen LogP contribution in [0, 0.1) is 5.92 Å². The van der Waals surface area contributed by atoms with Gasteiger partial charge in [-0.2, -0.15) is 0 Å². The minimum atomic E-state index is 0.0779. The van der Waals surface area contributed by atoms with Crippen LogP contribution in [0.25, 0.3) is 22.0 Å². The lowest BCUT2D eigenvalue weighted by atomic mass is 10.1. The van der Waals surface area contributed by atoms with Crippen LogP contribution in [0.5, 0.6) is 0 Å². The van der Waals surface area contributed by atoms with Gasteiger partial charge in [-0.25, -0.2) is 4.98 Å². The number of amides is 1. The zero-order valence-corrected chi connectivity index (χ0v) is 14.9. The van der Waals surface area contributed by atoms with Gasteiger partial charge in [0.1, 0.15) is 5.82 Å². The number of nitrogens with zero attached hydrogens (tertiary/aromatic N) is 2. The number of fused-ring (bicyclic) bond motifs is 1. The molecule has 1 aliphatic heterocycles. The molecule has 6 heteroatoms. The maximum absolute atomic E-state index is 12.0. The molecule has 0 unspecified atom stereocenters. The number of nitrogens with one attached hydrogen (secondary N) is 2. The number of benzene rings is 1. The van der Waals surface area contributed by atoms with Crippen molar-refractivity contribution in [2.75, 3.05) is 16.1 Å². The first-order chi connectivity index (χ1) is 12.8. The highest BCUT2D eigenvalue weighted by Gasteiger charge is 2.29. The Labute approximate surface area is 155 Å². The normalized spacial score (nSPS) is 16.4. The fourth-order valence-electron chi connectivity index (χ4n) is 3.29. The number of anilines is 2. The lowest BCUT2D eigenvalue weighted by Crippen LogP contribution is -2.14. The molecule has 3 aromatic rings. The Morgan fingerprint density at radius 3 is 3.04 bits per heavy atom. The summed E-state index contributed by atoms with van der Waals surface area (Å²) in [7, 11) is 0. The van der Waals surface area contributed by atoms with E-state index in [9.17, 15) is 4.79 Å². The molecular weight excluding hydrogens is 344 g/mol. The number of H-pyrrole nitrogens is 1. The number of para-hydroxylation sites is 1. The zero-order chi connectivity index (χ0) is 17.5. The molecule has 130 valence electrons. The van der Waals surface area contributed by atoms with E-state index in [4.69, 9.17) is 0 Å². The highest BCUT2D eigenvalue weighted by molar-refractivity contribution is 8.02.